The van der Waals surface area contributed by atoms with Crippen LogP contribution < -0.4 is 0 Å². The minimum Gasteiger partial charge on any atom is -0.362 e. The largest absolute Gasteiger partial charge is 0.362 e. The van der Waals surface area contributed by atoms with Crippen molar-refractivity contribution < 1.29 is 14.3 Å². The van der Waals surface area contributed by atoms with Crippen LogP contribution in [0.25, 0.3) is 0 Å². The molecule has 0 bridgehead atoms. The summed E-state index contributed by atoms with van der Waals surface area (Å²) in [5, 5.41) is 1.93. The molecular weight excluding hydrogens is 312 g/mol. The molecule has 0 radical (unpaired) electrons. The van der Waals surface area contributed by atoms with Crippen LogP contribution >= 0.6 is 11.3 Å². The van der Waals surface area contributed by atoms with Crippen molar-refractivity contribution in [3.05, 3.63) is 22.4 Å². The van der Waals surface area contributed by atoms with Gasteiger partial charge in [0.15, 0.2) is 0 Å². The van der Waals surface area contributed by atoms with Crippen molar-refractivity contribution in [2.75, 3.05) is 27.2 Å². The van der Waals surface area contributed by atoms with Crippen molar-refractivity contribution in [2.45, 2.75) is 37.9 Å². The summed E-state index contributed by atoms with van der Waals surface area (Å²) in [6.07, 6.45) is 2.16. The van der Waals surface area contributed by atoms with Crippen LogP contribution in [0.1, 0.15) is 35.9 Å². The molecule has 3 heterocycles. The number of carbonyl (C=O) groups is 2. The van der Waals surface area contributed by atoms with E-state index in [0.717, 1.165) is 24.1 Å². The zero-order valence-corrected chi connectivity index (χ0v) is 14.8. The number of carbonyl (C=O) groups excluding carboxylic acids is 2. The second-order valence-corrected chi connectivity index (χ2v) is 7.77. The van der Waals surface area contributed by atoms with E-state index < -0.39 is 0 Å². The predicted octanol–water partition coefficient (Wildman–Crippen LogP) is 2.24. The average Bonchev–Trinajstić information content (AvgIpc) is 3.19. The summed E-state index contributed by atoms with van der Waals surface area (Å²) in [4.78, 5) is 29.0. The molecule has 3 rings (SSSR count). The van der Waals surface area contributed by atoms with E-state index in [1.54, 1.807) is 19.0 Å². The summed E-state index contributed by atoms with van der Waals surface area (Å²) in [6.45, 7) is 3.53. The Hall–Kier alpha value is -1.40. The smallest absolute Gasteiger partial charge is 0.263 e. The Labute approximate surface area is 141 Å². The van der Waals surface area contributed by atoms with Crippen LogP contribution in [0.5, 0.6) is 0 Å². The Morgan fingerprint density at radius 3 is 2.78 bits per heavy atom. The van der Waals surface area contributed by atoms with Crippen LogP contribution in [-0.2, 0) is 9.53 Å². The lowest BCUT2D eigenvalue weighted by atomic mass is 9.80. The lowest BCUT2D eigenvalue weighted by Gasteiger charge is -2.44. The van der Waals surface area contributed by atoms with E-state index in [9.17, 15) is 9.59 Å². The predicted molar refractivity (Wildman–Crippen MR) is 89.5 cm³/mol. The van der Waals surface area contributed by atoms with Gasteiger partial charge in [-0.05, 0) is 30.7 Å². The molecule has 6 heteroatoms. The highest BCUT2D eigenvalue weighted by Crippen LogP contribution is 2.42. The summed E-state index contributed by atoms with van der Waals surface area (Å²) < 4.78 is 6.22. The second-order valence-electron chi connectivity index (χ2n) is 6.82. The highest BCUT2D eigenvalue weighted by atomic mass is 32.1. The molecule has 0 aliphatic carbocycles. The van der Waals surface area contributed by atoms with E-state index in [1.807, 2.05) is 22.4 Å². The van der Waals surface area contributed by atoms with Crippen molar-refractivity contribution in [3.8, 4) is 0 Å². The fraction of sp³-hybridized carbons (Fsp3) is 0.647. The van der Waals surface area contributed by atoms with Crippen molar-refractivity contribution in [2.24, 2.45) is 5.92 Å². The fourth-order valence-corrected chi connectivity index (χ4v) is 4.38. The molecule has 23 heavy (non-hydrogen) atoms. The van der Waals surface area contributed by atoms with E-state index in [4.69, 9.17) is 4.74 Å². The number of nitrogens with zero attached hydrogens (tertiary/aromatic N) is 2. The van der Waals surface area contributed by atoms with Gasteiger partial charge in [-0.2, -0.15) is 0 Å². The lowest BCUT2D eigenvalue weighted by molar-refractivity contribution is -0.153. The molecule has 1 aromatic heterocycles. The maximum absolute atomic E-state index is 12.5. The maximum Gasteiger partial charge on any atom is 0.263 e. The van der Waals surface area contributed by atoms with Crippen molar-refractivity contribution in [1.82, 2.24) is 9.80 Å². The number of likely N-dealkylation sites (tertiary alicyclic amines) is 1. The normalized spacial score (nSPS) is 30.7. The zero-order valence-electron chi connectivity index (χ0n) is 13.9. The Bertz CT molecular complexity index is 587. The standard InChI is InChI=1S/C17H24N2O3S/c1-12-11-19(16(21)14-5-4-10-23-14)9-8-17(12)7-6-13(22-17)15(20)18(2)3/h4-5,10,12-13H,6-9,11H2,1-3H3/t12-,13+,17-/m1/s1. The van der Waals surface area contributed by atoms with Gasteiger partial charge in [0.05, 0.1) is 10.5 Å². The molecule has 0 aromatic carbocycles. The Kier molecular flexibility index (Phi) is 4.47. The van der Waals surface area contributed by atoms with Crippen LogP contribution in [-0.4, -0.2) is 60.5 Å². The van der Waals surface area contributed by atoms with Gasteiger partial charge in [0.25, 0.3) is 11.8 Å². The molecule has 1 aromatic rings. The minimum absolute atomic E-state index is 0.0474. The van der Waals surface area contributed by atoms with Crippen LogP contribution in [0.4, 0.5) is 0 Å². The minimum atomic E-state index is -0.327. The van der Waals surface area contributed by atoms with Gasteiger partial charge >= 0.3 is 0 Å². The molecule has 0 N–H and O–H groups in total. The number of piperidine rings is 1. The molecule has 2 amide bonds. The monoisotopic (exact) mass is 336 g/mol. The Morgan fingerprint density at radius 1 is 1.39 bits per heavy atom. The molecule has 3 atom stereocenters. The summed E-state index contributed by atoms with van der Waals surface area (Å²) in [5.74, 6) is 0.395. The van der Waals surface area contributed by atoms with E-state index in [0.29, 0.717) is 13.1 Å². The molecule has 0 unspecified atom stereocenters. The van der Waals surface area contributed by atoms with Gasteiger partial charge in [-0.15, -0.1) is 11.3 Å². The third-order valence-electron chi connectivity index (χ3n) is 5.14. The van der Waals surface area contributed by atoms with Gasteiger partial charge < -0.3 is 14.5 Å². The number of amides is 2. The van der Waals surface area contributed by atoms with Crippen molar-refractivity contribution >= 4 is 23.2 Å². The molecule has 2 fully saturated rings. The number of ether oxygens (including phenoxy) is 1. The first-order chi connectivity index (χ1) is 10.9. The quantitative estimate of drug-likeness (QED) is 0.832. The van der Waals surface area contributed by atoms with Gasteiger partial charge in [-0.3, -0.25) is 9.59 Å². The first kappa shape index (κ1) is 16.5. The van der Waals surface area contributed by atoms with Crippen molar-refractivity contribution in [3.63, 3.8) is 0 Å². The molecule has 2 aliphatic rings. The molecule has 126 valence electrons. The fourth-order valence-electron chi connectivity index (χ4n) is 3.68. The third kappa shape index (κ3) is 3.02. The summed E-state index contributed by atoms with van der Waals surface area (Å²) in [5.41, 5.74) is -0.247. The molecule has 2 saturated heterocycles. The van der Waals surface area contributed by atoms with E-state index in [1.165, 1.54) is 11.3 Å². The van der Waals surface area contributed by atoms with E-state index >= 15 is 0 Å². The van der Waals surface area contributed by atoms with Crippen LogP contribution in [0.3, 0.4) is 0 Å². The van der Waals surface area contributed by atoms with Gasteiger partial charge in [0, 0.05) is 33.1 Å². The number of likely N-dealkylation sites (N-methyl/N-ethyl adjacent to an activating group) is 1. The molecular formula is C17H24N2O3S. The third-order valence-corrected chi connectivity index (χ3v) is 6.00. The number of thiophene rings is 1. The van der Waals surface area contributed by atoms with Crippen LogP contribution in [0.2, 0.25) is 0 Å². The molecule has 0 saturated carbocycles. The van der Waals surface area contributed by atoms with Gasteiger partial charge in [-0.1, -0.05) is 13.0 Å². The SMILES string of the molecule is C[C@@H]1CN(C(=O)c2cccs2)CC[C@]12CC[C@@H](C(=O)N(C)C)O2. The van der Waals surface area contributed by atoms with E-state index in [-0.39, 0.29) is 29.4 Å². The average molecular weight is 336 g/mol. The van der Waals surface area contributed by atoms with E-state index in [2.05, 4.69) is 6.92 Å². The van der Waals surface area contributed by atoms with Crippen molar-refractivity contribution in [1.29, 1.82) is 0 Å². The van der Waals surface area contributed by atoms with Crippen LogP contribution in [0, 0.1) is 5.92 Å². The Balaban J connectivity index is 1.65. The second kappa shape index (κ2) is 6.24. The molecule has 5 nitrogen and oxygen atoms in total. The highest BCUT2D eigenvalue weighted by molar-refractivity contribution is 7.12. The lowest BCUT2D eigenvalue weighted by Crippen LogP contribution is -2.53. The maximum atomic E-state index is 12.5. The number of rotatable bonds is 2. The first-order valence-electron chi connectivity index (χ1n) is 8.15. The van der Waals surface area contributed by atoms with Gasteiger partial charge in [0.1, 0.15) is 6.10 Å². The molecule has 1 spiro atoms. The first-order valence-corrected chi connectivity index (χ1v) is 9.03. The molecule has 2 aliphatic heterocycles. The van der Waals surface area contributed by atoms with Crippen LogP contribution in [0.15, 0.2) is 17.5 Å². The summed E-state index contributed by atoms with van der Waals surface area (Å²) >= 11 is 1.48. The summed E-state index contributed by atoms with van der Waals surface area (Å²) in [7, 11) is 3.53. The topological polar surface area (TPSA) is 49.9 Å². The van der Waals surface area contributed by atoms with Gasteiger partial charge in [-0.25, -0.2) is 0 Å². The number of hydrogen-bond acceptors (Lipinski definition) is 4. The Morgan fingerprint density at radius 2 is 2.17 bits per heavy atom. The zero-order chi connectivity index (χ0) is 16.6. The van der Waals surface area contributed by atoms with Gasteiger partial charge in [0.2, 0.25) is 0 Å². The number of hydrogen-bond donors (Lipinski definition) is 0. The highest BCUT2D eigenvalue weighted by Gasteiger charge is 2.49. The summed E-state index contributed by atoms with van der Waals surface area (Å²) in [6, 6.07) is 3.78.